The molecular formula is C22H27NO2S2. The molecule has 0 amide bonds. The van der Waals surface area contributed by atoms with E-state index < -0.39 is 21.8 Å². The number of nitrogens with one attached hydrogen (secondary N) is 1. The van der Waals surface area contributed by atoms with Crippen LogP contribution in [0.5, 0.6) is 0 Å². The molecule has 0 heterocycles. The summed E-state index contributed by atoms with van der Waals surface area (Å²) >= 11 is 0. The molecule has 0 aliphatic rings. The molecule has 1 N–H and O–H groups in total. The fraction of sp³-hybridized carbons (Fsp3) is 0.273. The van der Waals surface area contributed by atoms with Gasteiger partial charge in [0.2, 0.25) is 0 Å². The van der Waals surface area contributed by atoms with Gasteiger partial charge in [-0.05, 0) is 50.1 Å². The number of benzene rings is 2. The number of hydrogen-bond acceptors (Lipinski definition) is 2. The summed E-state index contributed by atoms with van der Waals surface area (Å²) < 4.78 is 29.2. The Bertz CT molecular complexity index is 853. The third-order valence-electron chi connectivity index (χ3n) is 4.17. The maximum Gasteiger partial charge on any atom is 0.125 e. The third kappa shape index (κ3) is 5.83. The van der Waals surface area contributed by atoms with E-state index >= 15 is 0 Å². The van der Waals surface area contributed by atoms with Gasteiger partial charge in [0, 0.05) is 9.80 Å². The van der Waals surface area contributed by atoms with Crippen LogP contribution in [0.4, 0.5) is 0 Å². The van der Waals surface area contributed by atoms with Gasteiger partial charge < -0.3 is 0 Å². The second-order valence-electron chi connectivity index (χ2n) is 6.81. The zero-order chi connectivity index (χ0) is 20.0. The molecule has 2 aromatic carbocycles. The molecule has 2 rings (SSSR count). The van der Waals surface area contributed by atoms with Crippen molar-refractivity contribution in [3.8, 4) is 0 Å². The van der Waals surface area contributed by atoms with Crippen molar-refractivity contribution in [2.75, 3.05) is 0 Å². The Morgan fingerprint density at radius 3 is 1.85 bits per heavy atom. The first-order valence-electron chi connectivity index (χ1n) is 8.89. The highest BCUT2D eigenvalue weighted by molar-refractivity contribution is 7.89. The Morgan fingerprint density at radius 2 is 1.41 bits per heavy atom. The molecule has 0 fully saturated rings. The van der Waals surface area contributed by atoms with Gasteiger partial charge in [-0.25, -0.2) is 13.1 Å². The monoisotopic (exact) mass is 401 g/mol. The average Bonchev–Trinajstić information content (AvgIpc) is 2.65. The van der Waals surface area contributed by atoms with E-state index in [0.717, 1.165) is 16.0 Å². The predicted molar refractivity (Wildman–Crippen MR) is 115 cm³/mol. The van der Waals surface area contributed by atoms with Crippen LogP contribution >= 0.6 is 0 Å². The first-order chi connectivity index (χ1) is 12.8. The summed E-state index contributed by atoms with van der Waals surface area (Å²) in [4.78, 5) is 2.09. The largest absolute Gasteiger partial charge is 0.249 e. The third-order valence-corrected chi connectivity index (χ3v) is 6.86. The Hall–Kier alpha value is -1.82. The highest BCUT2D eigenvalue weighted by Crippen LogP contribution is 2.23. The Balaban J connectivity index is 2.32. The quantitative estimate of drug-likeness (QED) is 0.645. The smallest absolute Gasteiger partial charge is 0.125 e. The second-order valence-corrected chi connectivity index (χ2v) is 9.53. The van der Waals surface area contributed by atoms with E-state index in [1.807, 2.05) is 76.2 Å². The van der Waals surface area contributed by atoms with Crippen molar-refractivity contribution in [3.05, 3.63) is 83.3 Å². The van der Waals surface area contributed by atoms with Crippen molar-refractivity contribution in [2.24, 2.45) is 5.92 Å². The van der Waals surface area contributed by atoms with Crippen molar-refractivity contribution in [2.45, 2.75) is 43.5 Å². The van der Waals surface area contributed by atoms with Crippen LogP contribution in [0.1, 0.15) is 25.0 Å². The van der Waals surface area contributed by atoms with Crippen LogP contribution < -0.4 is 4.72 Å². The lowest BCUT2D eigenvalue weighted by molar-refractivity contribution is 0.524. The standard InChI is InChI=1S/C22H27NO2S2/c1-6-7-21(26(24)19-12-8-17(4)9-13-19)22(16(2)3)23-27(25)20-14-10-18(5)11-15-20/h6-16,22-23H,1H2,2-5H3/b21-7+/t22?,26-,27+/m0/s1. The van der Waals surface area contributed by atoms with Crippen molar-refractivity contribution in [1.29, 1.82) is 0 Å². The molecule has 0 saturated heterocycles. The molecule has 27 heavy (non-hydrogen) atoms. The van der Waals surface area contributed by atoms with Gasteiger partial charge >= 0.3 is 0 Å². The van der Waals surface area contributed by atoms with E-state index in [2.05, 4.69) is 11.3 Å². The van der Waals surface area contributed by atoms with E-state index in [0.29, 0.717) is 9.80 Å². The summed E-state index contributed by atoms with van der Waals surface area (Å²) in [7, 11) is -2.77. The van der Waals surface area contributed by atoms with Gasteiger partial charge in [-0.3, -0.25) is 0 Å². The first kappa shape index (κ1) is 21.5. The van der Waals surface area contributed by atoms with Crippen LogP contribution in [-0.4, -0.2) is 14.5 Å². The van der Waals surface area contributed by atoms with Gasteiger partial charge in [-0.15, -0.1) is 0 Å². The van der Waals surface area contributed by atoms with Gasteiger partial charge in [0.15, 0.2) is 0 Å². The lowest BCUT2D eigenvalue weighted by atomic mass is 10.1. The molecule has 0 aromatic heterocycles. The highest BCUT2D eigenvalue weighted by atomic mass is 32.2. The molecule has 2 aromatic rings. The minimum absolute atomic E-state index is 0.0972. The first-order valence-corrected chi connectivity index (χ1v) is 11.2. The zero-order valence-corrected chi connectivity index (χ0v) is 17.9. The molecule has 144 valence electrons. The Labute approximate surface area is 167 Å². The van der Waals surface area contributed by atoms with Crippen LogP contribution in [-0.2, 0) is 21.8 Å². The molecule has 5 heteroatoms. The van der Waals surface area contributed by atoms with Crippen LogP contribution in [0.3, 0.4) is 0 Å². The fourth-order valence-electron chi connectivity index (χ4n) is 2.56. The van der Waals surface area contributed by atoms with Crippen molar-refractivity contribution >= 4 is 21.8 Å². The average molecular weight is 402 g/mol. The van der Waals surface area contributed by atoms with Gasteiger partial charge in [0.05, 0.1) is 21.7 Å². The van der Waals surface area contributed by atoms with Gasteiger partial charge in [-0.2, -0.15) is 0 Å². The summed E-state index contributed by atoms with van der Waals surface area (Å²) in [6.07, 6.45) is 3.40. The summed E-state index contributed by atoms with van der Waals surface area (Å²) in [6, 6.07) is 14.9. The number of hydrogen-bond donors (Lipinski definition) is 1. The molecule has 1 unspecified atom stereocenters. The normalized spacial score (nSPS) is 15.4. The minimum Gasteiger partial charge on any atom is -0.249 e. The molecule has 3 atom stereocenters. The second kappa shape index (κ2) is 9.93. The lowest BCUT2D eigenvalue weighted by Crippen LogP contribution is -2.38. The molecule has 0 aliphatic carbocycles. The Kier molecular flexibility index (Phi) is 7.90. The molecule has 0 aliphatic heterocycles. The topological polar surface area (TPSA) is 46.2 Å². The summed E-state index contributed by atoms with van der Waals surface area (Å²) in [5, 5.41) is 0. The van der Waals surface area contributed by atoms with Gasteiger partial charge in [-0.1, -0.05) is 61.9 Å². The van der Waals surface area contributed by atoms with Crippen molar-refractivity contribution in [1.82, 2.24) is 4.72 Å². The van der Waals surface area contributed by atoms with Crippen LogP contribution in [0.15, 0.2) is 82.0 Å². The summed E-state index contributed by atoms with van der Waals surface area (Å²) in [5.74, 6) is 0.0972. The van der Waals surface area contributed by atoms with Gasteiger partial charge in [0.1, 0.15) is 11.0 Å². The molecular weight excluding hydrogens is 374 g/mol. The molecule has 0 spiro atoms. The number of allylic oxidation sites excluding steroid dienone is 2. The molecule has 3 nitrogen and oxygen atoms in total. The fourth-order valence-corrected chi connectivity index (χ4v) is 5.22. The van der Waals surface area contributed by atoms with E-state index in [9.17, 15) is 8.42 Å². The van der Waals surface area contributed by atoms with Crippen LogP contribution in [0, 0.1) is 19.8 Å². The zero-order valence-electron chi connectivity index (χ0n) is 16.3. The van der Waals surface area contributed by atoms with Crippen molar-refractivity contribution in [3.63, 3.8) is 0 Å². The molecule has 0 bridgehead atoms. The molecule has 0 saturated carbocycles. The van der Waals surface area contributed by atoms with E-state index in [1.54, 1.807) is 12.2 Å². The summed E-state index contributed by atoms with van der Waals surface area (Å²) in [6.45, 7) is 11.8. The molecule has 0 radical (unpaired) electrons. The number of aryl methyl sites for hydroxylation is 2. The predicted octanol–water partition coefficient (Wildman–Crippen LogP) is 4.82. The Morgan fingerprint density at radius 1 is 0.926 bits per heavy atom. The lowest BCUT2D eigenvalue weighted by Gasteiger charge is -2.24. The van der Waals surface area contributed by atoms with E-state index in [1.165, 1.54) is 0 Å². The van der Waals surface area contributed by atoms with Crippen LogP contribution in [0.2, 0.25) is 0 Å². The summed E-state index contributed by atoms with van der Waals surface area (Å²) in [5.41, 5.74) is 2.23. The van der Waals surface area contributed by atoms with E-state index in [4.69, 9.17) is 0 Å². The SMILES string of the molecule is C=C/C=C(\C(N[S@](=O)c1ccc(C)cc1)C(C)C)[S@@](=O)c1ccc(C)cc1. The minimum atomic E-state index is -1.40. The maximum atomic E-state index is 13.2. The van der Waals surface area contributed by atoms with E-state index in [-0.39, 0.29) is 12.0 Å². The van der Waals surface area contributed by atoms with Gasteiger partial charge in [0.25, 0.3) is 0 Å². The van der Waals surface area contributed by atoms with Crippen LogP contribution in [0.25, 0.3) is 0 Å². The number of rotatable bonds is 8. The highest BCUT2D eigenvalue weighted by Gasteiger charge is 2.25. The maximum absolute atomic E-state index is 13.2. The van der Waals surface area contributed by atoms with Crippen molar-refractivity contribution < 1.29 is 8.42 Å².